The van der Waals surface area contributed by atoms with Crippen molar-refractivity contribution in [1.29, 1.82) is 0 Å². The normalized spacial score (nSPS) is 15.9. The van der Waals surface area contributed by atoms with Crippen LogP contribution in [0.25, 0.3) is 0 Å². The van der Waals surface area contributed by atoms with E-state index in [-0.39, 0.29) is 0 Å². The van der Waals surface area contributed by atoms with E-state index in [1.807, 2.05) is 0 Å². The fraction of sp³-hybridized carbons (Fsp3) is 0.895. The van der Waals surface area contributed by atoms with Gasteiger partial charge in [0.2, 0.25) is 0 Å². The smallest absolute Gasteiger partial charge is 0.460 e. The Hall–Kier alpha value is -2.71. The number of carbonyl (C=O) groups excluding carboxylic acids is 2. The number of alkyl halides is 23. The Morgan fingerprint density at radius 1 is 0.511 bits per heavy atom. The summed E-state index contributed by atoms with van der Waals surface area (Å²) in [5.41, 5.74) is 0. The predicted octanol–water partition coefficient (Wildman–Crippen LogP) is 5.23. The number of aliphatic carboxylic acids is 1. The van der Waals surface area contributed by atoms with E-state index in [1.54, 1.807) is 0 Å². The summed E-state index contributed by atoms with van der Waals surface area (Å²) in [5.74, 6) is -95.3. The van der Waals surface area contributed by atoms with Crippen molar-refractivity contribution in [3.63, 3.8) is 0 Å². The molecule has 0 rings (SSSR count). The molecule has 0 spiro atoms. The minimum absolute atomic E-state index is 0.529. The molecule has 0 aromatic carbocycles. The van der Waals surface area contributed by atoms with Crippen molar-refractivity contribution in [2.45, 2.75) is 71.8 Å². The van der Waals surface area contributed by atoms with E-state index in [0.717, 1.165) is 14.1 Å². The molecule has 0 saturated heterocycles. The molecule has 5 nitrogen and oxygen atoms in total. The summed E-state index contributed by atoms with van der Waals surface area (Å²) in [6.07, 6.45) is -8.92. The third-order valence-corrected chi connectivity index (χ3v) is 5.97. The van der Waals surface area contributed by atoms with Gasteiger partial charge in [-0.05, 0) is 0 Å². The van der Waals surface area contributed by atoms with E-state index in [1.165, 1.54) is 0 Å². The molecule has 1 amide bonds. The molecule has 0 unspecified atom stereocenters. The van der Waals surface area contributed by atoms with Crippen LogP contribution in [-0.2, 0) is 9.59 Å². The maximum absolute atomic E-state index is 13.9. The molecule has 280 valence electrons. The van der Waals surface area contributed by atoms with E-state index < -0.39 is 108 Å². The van der Waals surface area contributed by atoms with Gasteiger partial charge in [0.25, 0.3) is 5.91 Å². The van der Waals surface area contributed by atoms with Crippen molar-refractivity contribution in [1.82, 2.24) is 5.32 Å². The van der Waals surface area contributed by atoms with Crippen LogP contribution < -0.4 is 10.4 Å². The highest BCUT2D eigenvalue weighted by Gasteiger charge is 2.99. The fourth-order valence-electron chi connectivity index (χ4n) is 3.15. The fourth-order valence-corrected chi connectivity index (χ4v) is 3.15. The molecule has 28 heteroatoms. The van der Waals surface area contributed by atoms with Gasteiger partial charge < -0.3 is 19.7 Å². The number of nitrogens with zero attached hydrogens (tertiary/aromatic N) is 1. The van der Waals surface area contributed by atoms with Crippen molar-refractivity contribution >= 4 is 11.9 Å². The maximum atomic E-state index is 13.9. The number of halogens is 23. The molecule has 0 bridgehead atoms. The van der Waals surface area contributed by atoms with Gasteiger partial charge >= 0.3 is 65.4 Å². The van der Waals surface area contributed by atoms with Crippen molar-refractivity contribution < 1.29 is 120 Å². The average molecular weight is 756 g/mol. The van der Waals surface area contributed by atoms with Gasteiger partial charge in [-0.1, -0.05) is 0 Å². The number of carboxylic acid groups (broad SMARTS) is 1. The van der Waals surface area contributed by atoms with Crippen LogP contribution in [0.2, 0.25) is 0 Å². The number of quaternary nitrogens is 1. The molecule has 0 fully saturated rings. The number of carboxylic acids is 1. The summed E-state index contributed by atoms with van der Waals surface area (Å²) < 4.78 is 308. The maximum Gasteiger partial charge on any atom is 0.460 e. The molecule has 0 aliphatic carbocycles. The van der Waals surface area contributed by atoms with Gasteiger partial charge in [-0.3, -0.25) is 4.79 Å². The Labute approximate surface area is 244 Å². The molecule has 1 N–H and O–H groups in total. The lowest BCUT2D eigenvalue weighted by Crippen LogP contribution is -2.78. The zero-order valence-corrected chi connectivity index (χ0v) is 22.2. The first-order chi connectivity index (χ1) is 20.0. The number of likely N-dealkylation sites (N-methyl/N-ethyl adjacent to an activating group) is 1. The Kier molecular flexibility index (Phi) is 11.3. The van der Waals surface area contributed by atoms with Gasteiger partial charge in [0.05, 0.1) is 26.6 Å². The third-order valence-electron chi connectivity index (χ3n) is 5.97. The topological polar surface area (TPSA) is 69.2 Å². The minimum Gasteiger partial charge on any atom is -0.544 e. The van der Waals surface area contributed by atoms with Gasteiger partial charge in [-0.15, -0.1) is 0 Å². The SMILES string of the molecule is C[N+](C)(CCCNC(=O)C(F)(F)C(F)(F)C(F)(F)C(F)(F)C(F)(F)C(F)(F)C(F)(F)C(F)(F)C(F)(F)C(F)(F)C(F)(F)F)CC(=O)[O-]. The Morgan fingerprint density at radius 2 is 0.787 bits per heavy atom. The molecular weight excluding hydrogens is 741 g/mol. The number of hydrogen-bond acceptors (Lipinski definition) is 3. The first-order valence-electron chi connectivity index (χ1n) is 11.2. The molecule has 0 heterocycles. The molecular formula is C19H15F23N2O3. The Bertz CT molecular complexity index is 1160. The summed E-state index contributed by atoms with van der Waals surface area (Å²) in [4.78, 5) is 21.9. The van der Waals surface area contributed by atoms with E-state index >= 15 is 0 Å². The molecule has 47 heavy (non-hydrogen) atoms. The lowest BCUT2D eigenvalue weighted by atomic mass is 9.85. The summed E-state index contributed by atoms with van der Waals surface area (Å²) in [7, 11) is 2.14. The van der Waals surface area contributed by atoms with Gasteiger partial charge in [-0.2, -0.15) is 101 Å². The predicted molar refractivity (Wildman–Crippen MR) is 100 cm³/mol. The first kappa shape index (κ1) is 44.3. The highest BCUT2D eigenvalue weighted by molar-refractivity contribution is 5.84. The molecule has 0 aromatic heterocycles. The van der Waals surface area contributed by atoms with E-state index in [2.05, 4.69) is 0 Å². The first-order valence-corrected chi connectivity index (χ1v) is 11.2. The molecule has 0 aromatic rings. The van der Waals surface area contributed by atoms with Crippen LogP contribution in [0.4, 0.5) is 101 Å². The summed E-state index contributed by atoms with van der Waals surface area (Å²) in [6, 6.07) is 0. The quantitative estimate of drug-likeness (QED) is 0.133. The minimum atomic E-state index is -9.52. The zero-order chi connectivity index (χ0) is 38.7. The van der Waals surface area contributed by atoms with Crippen molar-refractivity contribution in [2.75, 3.05) is 33.7 Å². The lowest BCUT2D eigenvalue weighted by Gasteiger charge is -2.45. The molecule has 0 saturated carbocycles. The van der Waals surface area contributed by atoms with Crippen LogP contribution in [0.1, 0.15) is 6.42 Å². The molecule has 0 atom stereocenters. The van der Waals surface area contributed by atoms with E-state index in [4.69, 9.17) is 0 Å². The second-order valence-electron chi connectivity index (χ2n) is 10.0. The summed E-state index contributed by atoms with van der Waals surface area (Å²) >= 11 is 0. The van der Waals surface area contributed by atoms with Crippen LogP contribution in [0.3, 0.4) is 0 Å². The zero-order valence-electron chi connectivity index (χ0n) is 22.2. The third kappa shape index (κ3) is 6.53. The lowest BCUT2D eigenvalue weighted by molar-refractivity contribution is -0.884. The van der Waals surface area contributed by atoms with Crippen LogP contribution >= 0.6 is 0 Å². The van der Waals surface area contributed by atoms with Crippen molar-refractivity contribution in [3.8, 4) is 0 Å². The van der Waals surface area contributed by atoms with Crippen LogP contribution in [0, 0.1) is 0 Å². The van der Waals surface area contributed by atoms with Gasteiger partial charge in [-0.25, -0.2) is 0 Å². The van der Waals surface area contributed by atoms with Gasteiger partial charge in [0, 0.05) is 13.0 Å². The van der Waals surface area contributed by atoms with E-state index in [9.17, 15) is 116 Å². The van der Waals surface area contributed by atoms with Gasteiger partial charge in [0.15, 0.2) is 0 Å². The largest absolute Gasteiger partial charge is 0.544 e. The Balaban J connectivity index is 6.75. The van der Waals surface area contributed by atoms with Gasteiger partial charge in [0.1, 0.15) is 6.54 Å². The van der Waals surface area contributed by atoms with Crippen LogP contribution in [0.5, 0.6) is 0 Å². The number of rotatable bonds is 16. The van der Waals surface area contributed by atoms with Crippen LogP contribution in [0.15, 0.2) is 0 Å². The number of carbonyl (C=O) groups is 2. The van der Waals surface area contributed by atoms with Crippen LogP contribution in [-0.4, -0.2) is 115 Å². The number of hydrogen-bond donors (Lipinski definition) is 1. The number of nitrogens with one attached hydrogen (secondary N) is 1. The number of amides is 1. The second-order valence-corrected chi connectivity index (χ2v) is 10.0. The average Bonchev–Trinajstić information content (AvgIpc) is 2.83. The summed E-state index contributed by atoms with van der Waals surface area (Å²) in [6.45, 7) is -2.78. The highest BCUT2D eigenvalue weighted by atomic mass is 19.4. The second kappa shape index (κ2) is 12.0. The molecule has 0 aliphatic heterocycles. The molecule has 0 radical (unpaired) electrons. The highest BCUT2D eigenvalue weighted by Crippen LogP contribution is 2.67. The Morgan fingerprint density at radius 3 is 1.06 bits per heavy atom. The van der Waals surface area contributed by atoms with E-state index in [0.29, 0.717) is 5.32 Å². The van der Waals surface area contributed by atoms with Crippen molar-refractivity contribution in [2.24, 2.45) is 0 Å². The standard InChI is InChI=1S/C19H15F23N2O3/c1-44(2,6-7(45)46)5-3-4-43-8(47)9(20,21)10(22,23)11(24,25)12(26,27)13(28,29)14(30,31)15(32,33)16(34,35)17(36,37)18(38,39)19(40,41)42/h3-6H2,1-2H3,(H-,43,45,46,47). The monoisotopic (exact) mass is 756 g/mol. The van der Waals surface area contributed by atoms with Crippen molar-refractivity contribution in [3.05, 3.63) is 0 Å². The molecule has 0 aliphatic rings. The summed E-state index contributed by atoms with van der Waals surface area (Å²) in [5, 5.41) is 11.1.